The van der Waals surface area contributed by atoms with Crippen LogP contribution in [0.4, 0.5) is 11.4 Å². The van der Waals surface area contributed by atoms with Gasteiger partial charge in [-0.1, -0.05) is 60.7 Å². The van der Waals surface area contributed by atoms with E-state index in [1.807, 2.05) is 24.3 Å². The molecule has 23 heavy (non-hydrogen) atoms. The first kappa shape index (κ1) is 13.6. The van der Waals surface area contributed by atoms with E-state index in [0.717, 1.165) is 11.4 Å². The fourth-order valence-corrected chi connectivity index (χ4v) is 2.75. The minimum atomic E-state index is 1.07. The molecule has 0 saturated heterocycles. The molecule has 0 spiro atoms. The first-order valence-electron chi connectivity index (χ1n) is 7.71. The number of hydrogen-bond acceptors (Lipinski definition) is 1. The van der Waals surface area contributed by atoms with E-state index in [-0.39, 0.29) is 0 Å². The van der Waals surface area contributed by atoms with Crippen LogP contribution in [0, 0.1) is 6.07 Å². The Hall–Kier alpha value is -3.06. The fourth-order valence-electron chi connectivity index (χ4n) is 2.75. The Balaban J connectivity index is 1.61. The first-order chi connectivity index (χ1) is 11.4. The van der Waals surface area contributed by atoms with E-state index in [4.69, 9.17) is 0 Å². The average molecular weight is 294 g/mol. The lowest BCUT2D eigenvalue weighted by Crippen LogP contribution is -1.89. The molecule has 0 atom stereocenters. The molecule has 0 amide bonds. The quantitative estimate of drug-likeness (QED) is 0.485. The molecule has 0 aliphatic carbocycles. The molecule has 4 aromatic rings. The van der Waals surface area contributed by atoms with Gasteiger partial charge in [-0.15, -0.1) is 0 Å². The van der Waals surface area contributed by atoms with Gasteiger partial charge in [-0.3, -0.25) is 0 Å². The third-order valence-electron chi connectivity index (χ3n) is 3.97. The smallest absolute Gasteiger partial charge is 0.0384 e. The van der Waals surface area contributed by atoms with Gasteiger partial charge in [0.05, 0.1) is 0 Å². The van der Waals surface area contributed by atoms with Crippen LogP contribution in [0.3, 0.4) is 0 Å². The van der Waals surface area contributed by atoms with Crippen LogP contribution in [0.2, 0.25) is 0 Å². The van der Waals surface area contributed by atoms with E-state index < -0.39 is 0 Å². The van der Waals surface area contributed by atoms with Crippen LogP contribution in [0.25, 0.3) is 21.9 Å². The van der Waals surface area contributed by atoms with Crippen molar-refractivity contribution in [3.05, 3.63) is 97.1 Å². The Kier molecular flexibility index (Phi) is 3.53. The van der Waals surface area contributed by atoms with Crippen molar-refractivity contribution in [2.45, 2.75) is 0 Å². The van der Waals surface area contributed by atoms with Gasteiger partial charge >= 0.3 is 0 Å². The molecule has 109 valence electrons. The molecule has 4 rings (SSSR count). The lowest BCUT2D eigenvalue weighted by Gasteiger charge is -2.08. The minimum absolute atomic E-state index is 1.07. The maximum Gasteiger partial charge on any atom is 0.0384 e. The number of fused-ring (bicyclic) bond motifs is 1. The highest BCUT2D eigenvalue weighted by molar-refractivity contribution is 5.87. The maximum atomic E-state index is 3.39. The van der Waals surface area contributed by atoms with Crippen LogP contribution in [-0.2, 0) is 0 Å². The van der Waals surface area contributed by atoms with Gasteiger partial charge in [-0.05, 0) is 58.3 Å². The van der Waals surface area contributed by atoms with Gasteiger partial charge in [0, 0.05) is 11.4 Å². The van der Waals surface area contributed by atoms with Crippen LogP contribution in [0.1, 0.15) is 0 Å². The third kappa shape index (κ3) is 2.95. The summed E-state index contributed by atoms with van der Waals surface area (Å²) in [7, 11) is 0. The monoisotopic (exact) mass is 294 g/mol. The largest absolute Gasteiger partial charge is 0.356 e. The Morgan fingerprint density at radius 3 is 2.00 bits per heavy atom. The van der Waals surface area contributed by atoms with Crippen molar-refractivity contribution in [3.63, 3.8) is 0 Å². The molecular weight excluding hydrogens is 278 g/mol. The van der Waals surface area contributed by atoms with Crippen LogP contribution in [-0.4, -0.2) is 0 Å². The Morgan fingerprint density at radius 1 is 0.565 bits per heavy atom. The van der Waals surface area contributed by atoms with Crippen LogP contribution in [0.15, 0.2) is 91.0 Å². The number of hydrogen-bond donors (Lipinski definition) is 1. The first-order valence-corrected chi connectivity index (χ1v) is 7.71. The zero-order valence-electron chi connectivity index (χ0n) is 12.7. The Labute approximate surface area is 136 Å². The standard InChI is InChI=1S/C22H16N/c1-2-8-21(9-3-1)23-22-14-12-18(13-15-22)20-11-10-17-6-4-5-7-19(17)16-20/h2-16,23H. The molecule has 4 aromatic carbocycles. The molecule has 0 saturated carbocycles. The summed E-state index contributed by atoms with van der Waals surface area (Å²) in [6.07, 6.45) is 0. The molecule has 0 unspecified atom stereocenters. The Bertz CT molecular complexity index is 925. The second-order valence-electron chi connectivity index (χ2n) is 5.55. The molecule has 0 aromatic heterocycles. The van der Waals surface area contributed by atoms with E-state index in [2.05, 4.69) is 78.1 Å². The predicted molar refractivity (Wildman–Crippen MR) is 97.9 cm³/mol. The summed E-state index contributed by atoms with van der Waals surface area (Å²) in [6.45, 7) is 0. The third-order valence-corrected chi connectivity index (χ3v) is 3.97. The molecule has 1 nitrogen and oxygen atoms in total. The van der Waals surface area contributed by atoms with E-state index in [9.17, 15) is 0 Å². The molecule has 1 radical (unpaired) electrons. The van der Waals surface area contributed by atoms with Gasteiger partial charge in [-0.2, -0.15) is 0 Å². The highest BCUT2D eigenvalue weighted by Gasteiger charge is 2.00. The Morgan fingerprint density at radius 2 is 1.22 bits per heavy atom. The average Bonchev–Trinajstić information content (AvgIpc) is 2.63. The summed E-state index contributed by atoms with van der Waals surface area (Å²) >= 11 is 0. The van der Waals surface area contributed by atoms with Crippen molar-refractivity contribution in [1.29, 1.82) is 0 Å². The number of benzene rings is 4. The molecule has 0 bridgehead atoms. The van der Waals surface area contributed by atoms with Crippen molar-refractivity contribution in [1.82, 2.24) is 0 Å². The summed E-state index contributed by atoms with van der Waals surface area (Å²) in [5.41, 5.74) is 4.62. The van der Waals surface area contributed by atoms with Crippen molar-refractivity contribution in [2.24, 2.45) is 0 Å². The highest BCUT2D eigenvalue weighted by Crippen LogP contribution is 2.26. The van der Waals surface area contributed by atoms with E-state index >= 15 is 0 Å². The van der Waals surface area contributed by atoms with Crippen molar-refractivity contribution in [2.75, 3.05) is 5.32 Å². The van der Waals surface area contributed by atoms with Gasteiger partial charge < -0.3 is 5.32 Å². The lowest BCUT2D eigenvalue weighted by atomic mass is 10.0. The molecule has 1 heteroatoms. The SMILES string of the molecule is [c]1ccc(Nc2ccc(-c3ccc4ccccc4c3)cc2)cc1. The van der Waals surface area contributed by atoms with Gasteiger partial charge in [0.1, 0.15) is 0 Å². The molecule has 0 fully saturated rings. The normalized spacial score (nSPS) is 10.6. The number of rotatable bonds is 3. The lowest BCUT2D eigenvalue weighted by molar-refractivity contribution is 1.54. The summed E-state index contributed by atoms with van der Waals surface area (Å²) in [5.74, 6) is 0. The molecule has 0 heterocycles. The summed E-state index contributed by atoms with van der Waals surface area (Å²) < 4.78 is 0. The van der Waals surface area contributed by atoms with Gasteiger partial charge in [0.2, 0.25) is 0 Å². The van der Waals surface area contributed by atoms with Gasteiger partial charge in [-0.25, -0.2) is 0 Å². The van der Waals surface area contributed by atoms with Crippen molar-refractivity contribution in [3.8, 4) is 11.1 Å². The molecule has 0 aliphatic heterocycles. The molecule has 0 aliphatic rings. The maximum absolute atomic E-state index is 3.39. The number of nitrogens with one attached hydrogen (secondary N) is 1. The van der Waals surface area contributed by atoms with Crippen LogP contribution in [0.5, 0.6) is 0 Å². The minimum Gasteiger partial charge on any atom is -0.356 e. The predicted octanol–water partition coefficient (Wildman–Crippen LogP) is 6.05. The van der Waals surface area contributed by atoms with E-state index in [1.165, 1.54) is 21.9 Å². The van der Waals surface area contributed by atoms with Gasteiger partial charge in [0.15, 0.2) is 0 Å². The van der Waals surface area contributed by atoms with E-state index in [0.29, 0.717) is 0 Å². The molecule has 1 N–H and O–H groups in total. The summed E-state index contributed by atoms with van der Waals surface area (Å²) in [4.78, 5) is 0. The zero-order valence-corrected chi connectivity index (χ0v) is 12.7. The van der Waals surface area contributed by atoms with Crippen molar-refractivity contribution >= 4 is 22.1 Å². The van der Waals surface area contributed by atoms with Crippen molar-refractivity contribution < 1.29 is 0 Å². The van der Waals surface area contributed by atoms with E-state index in [1.54, 1.807) is 0 Å². The van der Waals surface area contributed by atoms with Crippen LogP contribution >= 0.6 is 0 Å². The highest BCUT2D eigenvalue weighted by atomic mass is 14.9. The van der Waals surface area contributed by atoms with Gasteiger partial charge in [0.25, 0.3) is 0 Å². The molecular formula is C22H16N. The number of anilines is 2. The topological polar surface area (TPSA) is 12.0 Å². The second kappa shape index (κ2) is 5.98. The summed E-state index contributed by atoms with van der Waals surface area (Å²) in [5, 5.41) is 5.94. The summed E-state index contributed by atoms with van der Waals surface area (Å²) in [6, 6.07) is 34.4. The fraction of sp³-hybridized carbons (Fsp3) is 0. The second-order valence-corrected chi connectivity index (χ2v) is 5.55. The zero-order chi connectivity index (χ0) is 15.5. The van der Waals surface area contributed by atoms with Crippen LogP contribution < -0.4 is 5.32 Å².